The lowest BCUT2D eigenvalue weighted by Gasteiger charge is -2.26. The number of aromatic amines is 1. The average molecular weight is 539 g/mol. The van der Waals surface area contributed by atoms with Crippen molar-refractivity contribution in [2.75, 3.05) is 32.3 Å². The molecule has 0 fully saturated rings. The normalized spacial score (nSPS) is 11.1. The van der Waals surface area contributed by atoms with Gasteiger partial charge in [-0.3, -0.25) is 4.98 Å². The Labute approximate surface area is 234 Å². The van der Waals surface area contributed by atoms with Crippen LogP contribution in [0.15, 0.2) is 91.4 Å². The quantitative estimate of drug-likeness (QED) is 0.176. The molecular formula is C32H34N4O4. The molecule has 3 aromatic carbocycles. The van der Waals surface area contributed by atoms with E-state index < -0.39 is 0 Å². The zero-order chi connectivity index (χ0) is 27.6. The number of nitrogens with one attached hydrogen (secondary N) is 1. The predicted octanol–water partition coefficient (Wildman–Crippen LogP) is 5.92. The number of imidazole rings is 1. The largest absolute Gasteiger partial charge is 0.497 e. The van der Waals surface area contributed by atoms with E-state index in [9.17, 15) is 0 Å². The maximum Gasteiger partial charge on any atom is 0.119 e. The lowest BCUT2D eigenvalue weighted by Crippen LogP contribution is -2.22. The summed E-state index contributed by atoms with van der Waals surface area (Å²) in [5, 5.41) is 0. The van der Waals surface area contributed by atoms with Gasteiger partial charge in [-0.15, -0.1) is 0 Å². The molecule has 0 saturated carbocycles. The van der Waals surface area contributed by atoms with E-state index in [-0.39, 0.29) is 0 Å². The van der Waals surface area contributed by atoms with Crippen molar-refractivity contribution >= 4 is 16.7 Å². The highest BCUT2D eigenvalue weighted by Crippen LogP contribution is 2.24. The molecule has 2 aromatic heterocycles. The standard InChI is InChI=1S/C32H34N4O4/c1-37-29-7-3-5-24(15-29)19-36(20-25-9-10-31-32(17-25)35-23-34-31)28-11-12-33-27(18-28)22-40-14-13-39-21-26-6-4-8-30(16-26)38-2/h3-12,15-18,23H,13-14,19-22H2,1-2H3,(H,34,35). The molecule has 5 aromatic rings. The summed E-state index contributed by atoms with van der Waals surface area (Å²) < 4.78 is 22.4. The Hall–Kier alpha value is -4.40. The zero-order valence-electron chi connectivity index (χ0n) is 22.9. The van der Waals surface area contributed by atoms with Crippen LogP contribution in [-0.2, 0) is 35.8 Å². The molecule has 0 radical (unpaired) electrons. The Morgan fingerprint density at radius 2 is 1.40 bits per heavy atom. The second-order valence-electron chi connectivity index (χ2n) is 9.42. The number of methoxy groups -OCH3 is 2. The molecule has 0 spiro atoms. The SMILES string of the molecule is COc1cccc(COCCOCc2cc(N(Cc3cccc(OC)c3)Cc3ccc4nc[nH]c4c3)ccn2)c1. The van der Waals surface area contributed by atoms with Crippen LogP contribution in [0.5, 0.6) is 11.5 Å². The van der Waals surface area contributed by atoms with Gasteiger partial charge in [0.15, 0.2) is 0 Å². The Balaban J connectivity index is 1.22. The van der Waals surface area contributed by atoms with Crippen molar-refractivity contribution in [2.24, 2.45) is 0 Å². The minimum atomic E-state index is 0.406. The highest BCUT2D eigenvalue weighted by Gasteiger charge is 2.12. The summed E-state index contributed by atoms with van der Waals surface area (Å²) in [7, 11) is 3.35. The van der Waals surface area contributed by atoms with Crippen LogP contribution in [-0.4, -0.2) is 42.4 Å². The fraction of sp³-hybridized carbons (Fsp3) is 0.250. The van der Waals surface area contributed by atoms with Gasteiger partial charge in [0.1, 0.15) is 11.5 Å². The number of nitrogens with zero attached hydrogens (tertiary/aromatic N) is 3. The summed E-state index contributed by atoms with van der Waals surface area (Å²) in [6, 6.07) is 26.5. The molecule has 8 heteroatoms. The topological polar surface area (TPSA) is 81.7 Å². The Kier molecular flexibility index (Phi) is 9.24. The summed E-state index contributed by atoms with van der Waals surface area (Å²) in [5.41, 5.74) is 7.32. The summed E-state index contributed by atoms with van der Waals surface area (Å²) in [4.78, 5) is 14.4. The monoisotopic (exact) mass is 538 g/mol. The van der Waals surface area contributed by atoms with Crippen LogP contribution < -0.4 is 14.4 Å². The molecule has 0 aliphatic carbocycles. The van der Waals surface area contributed by atoms with Crippen LogP contribution in [0.3, 0.4) is 0 Å². The van der Waals surface area contributed by atoms with Crippen LogP contribution >= 0.6 is 0 Å². The lowest BCUT2D eigenvalue weighted by atomic mass is 10.1. The zero-order valence-corrected chi connectivity index (χ0v) is 22.9. The maximum absolute atomic E-state index is 5.89. The van der Waals surface area contributed by atoms with Crippen LogP contribution in [0, 0.1) is 0 Å². The van der Waals surface area contributed by atoms with Crippen molar-refractivity contribution in [1.29, 1.82) is 0 Å². The molecule has 2 heterocycles. The number of fused-ring (bicyclic) bond motifs is 1. The lowest BCUT2D eigenvalue weighted by molar-refractivity contribution is 0.0328. The van der Waals surface area contributed by atoms with Crippen molar-refractivity contribution in [3.05, 3.63) is 114 Å². The Morgan fingerprint density at radius 1 is 0.700 bits per heavy atom. The molecule has 0 aliphatic heterocycles. The van der Waals surface area contributed by atoms with Crippen LogP contribution in [0.2, 0.25) is 0 Å². The van der Waals surface area contributed by atoms with Crippen LogP contribution in [0.1, 0.15) is 22.4 Å². The van der Waals surface area contributed by atoms with Gasteiger partial charge >= 0.3 is 0 Å². The number of H-pyrrole nitrogens is 1. The second kappa shape index (κ2) is 13.6. The molecule has 40 heavy (non-hydrogen) atoms. The summed E-state index contributed by atoms with van der Waals surface area (Å²) >= 11 is 0. The summed E-state index contributed by atoms with van der Waals surface area (Å²) in [5.74, 6) is 1.67. The van der Waals surface area contributed by atoms with Gasteiger partial charge in [-0.2, -0.15) is 0 Å². The van der Waals surface area contributed by atoms with Gasteiger partial charge in [0, 0.05) is 25.0 Å². The first-order chi connectivity index (χ1) is 19.7. The van der Waals surface area contributed by atoms with E-state index in [0.29, 0.717) is 39.5 Å². The number of pyridine rings is 1. The first-order valence-corrected chi connectivity index (χ1v) is 13.2. The Bertz CT molecular complexity index is 1520. The molecule has 0 amide bonds. The van der Waals surface area contributed by atoms with Gasteiger partial charge in [-0.1, -0.05) is 30.3 Å². The van der Waals surface area contributed by atoms with Crippen molar-refractivity contribution in [2.45, 2.75) is 26.3 Å². The fourth-order valence-electron chi connectivity index (χ4n) is 4.52. The predicted molar refractivity (Wildman–Crippen MR) is 156 cm³/mol. The van der Waals surface area contributed by atoms with Crippen molar-refractivity contribution in [3.8, 4) is 11.5 Å². The molecule has 206 valence electrons. The Morgan fingerprint density at radius 3 is 2.17 bits per heavy atom. The molecule has 1 N–H and O–H groups in total. The van der Waals surface area contributed by atoms with E-state index in [1.807, 2.05) is 54.7 Å². The van der Waals surface area contributed by atoms with E-state index in [1.54, 1.807) is 20.5 Å². The summed E-state index contributed by atoms with van der Waals surface area (Å²) in [6.45, 7) is 3.32. The molecule has 0 atom stereocenters. The van der Waals surface area contributed by atoms with Gasteiger partial charge in [0.05, 0.1) is 63.7 Å². The molecule has 0 aliphatic rings. The number of hydrogen-bond donors (Lipinski definition) is 1. The highest BCUT2D eigenvalue weighted by atomic mass is 16.5. The van der Waals surface area contributed by atoms with E-state index in [1.165, 1.54) is 5.56 Å². The third kappa shape index (κ3) is 7.37. The molecule has 8 nitrogen and oxygen atoms in total. The minimum Gasteiger partial charge on any atom is -0.497 e. The van der Waals surface area contributed by atoms with Gasteiger partial charge < -0.3 is 28.8 Å². The molecule has 0 saturated heterocycles. The maximum atomic E-state index is 5.89. The second-order valence-corrected chi connectivity index (χ2v) is 9.42. The fourth-order valence-corrected chi connectivity index (χ4v) is 4.52. The molecule has 0 bridgehead atoms. The third-order valence-electron chi connectivity index (χ3n) is 6.56. The average Bonchev–Trinajstić information content (AvgIpc) is 3.47. The number of ether oxygens (including phenoxy) is 4. The van der Waals surface area contributed by atoms with E-state index in [4.69, 9.17) is 18.9 Å². The smallest absolute Gasteiger partial charge is 0.119 e. The van der Waals surface area contributed by atoms with Gasteiger partial charge in [-0.25, -0.2) is 4.98 Å². The minimum absolute atomic E-state index is 0.406. The molecular weight excluding hydrogens is 504 g/mol. The number of hydrogen-bond acceptors (Lipinski definition) is 7. The van der Waals surface area contributed by atoms with E-state index in [0.717, 1.165) is 45.0 Å². The first kappa shape index (κ1) is 27.2. The van der Waals surface area contributed by atoms with Gasteiger partial charge in [0.2, 0.25) is 0 Å². The first-order valence-electron chi connectivity index (χ1n) is 13.2. The van der Waals surface area contributed by atoms with E-state index in [2.05, 4.69) is 50.2 Å². The highest BCUT2D eigenvalue weighted by molar-refractivity contribution is 5.75. The van der Waals surface area contributed by atoms with Crippen LogP contribution in [0.25, 0.3) is 11.0 Å². The van der Waals surface area contributed by atoms with Gasteiger partial charge in [0.25, 0.3) is 0 Å². The van der Waals surface area contributed by atoms with Crippen molar-refractivity contribution < 1.29 is 18.9 Å². The van der Waals surface area contributed by atoms with Crippen LogP contribution in [0.4, 0.5) is 5.69 Å². The number of aromatic nitrogens is 3. The number of benzene rings is 3. The molecule has 0 unspecified atom stereocenters. The summed E-state index contributed by atoms with van der Waals surface area (Å²) in [6.07, 6.45) is 3.56. The molecule has 5 rings (SSSR count). The number of rotatable bonds is 14. The van der Waals surface area contributed by atoms with Crippen molar-refractivity contribution in [3.63, 3.8) is 0 Å². The van der Waals surface area contributed by atoms with E-state index >= 15 is 0 Å². The van der Waals surface area contributed by atoms with Gasteiger partial charge in [-0.05, 0) is 65.2 Å². The third-order valence-corrected chi connectivity index (χ3v) is 6.56. The number of anilines is 1. The van der Waals surface area contributed by atoms with Crippen molar-refractivity contribution in [1.82, 2.24) is 15.0 Å².